The van der Waals surface area contributed by atoms with Crippen LogP contribution in [0.2, 0.25) is 0 Å². The number of phenolic OH excluding ortho intramolecular Hbond substituents is 1. The lowest BCUT2D eigenvalue weighted by Gasteiger charge is -2.31. The Balaban J connectivity index is 1.63. The predicted octanol–water partition coefficient (Wildman–Crippen LogP) is 6.03. The van der Waals surface area contributed by atoms with E-state index < -0.39 is 17.1 Å². The van der Waals surface area contributed by atoms with Crippen LogP contribution in [-0.2, 0) is 16.0 Å². The molecule has 14 heteroatoms. The number of ether oxygens (including phenoxy) is 2. The molecule has 1 aliphatic carbocycles. The van der Waals surface area contributed by atoms with Gasteiger partial charge in [-0.05, 0) is 86.2 Å². The van der Waals surface area contributed by atoms with Crippen LogP contribution in [0.4, 0.5) is 14.6 Å². The van der Waals surface area contributed by atoms with Gasteiger partial charge in [0.25, 0.3) is 5.91 Å². The molecule has 2 aliphatic heterocycles. The van der Waals surface area contributed by atoms with Crippen LogP contribution in [0.25, 0.3) is 27.7 Å². The molecule has 1 atom stereocenters. The van der Waals surface area contributed by atoms with Crippen molar-refractivity contribution in [3.8, 4) is 17.8 Å². The molecule has 3 N–H and O–H groups in total. The maximum atomic E-state index is 17.9. The third kappa shape index (κ3) is 7.66. The van der Waals surface area contributed by atoms with Crippen LogP contribution in [-0.4, -0.2) is 96.9 Å². The molecular weight excluding hydrogens is 706 g/mol. The molecule has 55 heavy (non-hydrogen) atoms. The molecule has 1 fully saturated rings. The van der Waals surface area contributed by atoms with Gasteiger partial charge in [-0.1, -0.05) is 19.1 Å². The zero-order valence-electron chi connectivity index (χ0n) is 32.0. The van der Waals surface area contributed by atoms with Crippen molar-refractivity contribution in [2.45, 2.75) is 53.0 Å². The van der Waals surface area contributed by atoms with E-state index in [2.05, 4.69) is 11.1 Å². The Bertz CT molecular complexity index is 2230. The number of aromatic hydroxyl groups is 1. The number of nitriles is 1. The molecule has 1 amide bonds. The molecule has 288 valence electrons. The van der Waals surface area contributed by atoms with Gasteiger partial charge in [0.15, 0.2) is 5.83 Å². The number of fused-ring (bicyclic) bond motifs is 2. The van der Waals surface area contributed by atoms with Crippen molar-refractivity contribution in [2.24, 2.45) is 21.1 Å². The van der Waals surface area contributed by atoms with Gasteiger partial charge in [0, 0.05) is 51.0 Å². The maximum Gasteiger partial charge on any atom is 0.319 e. The highest BCUT2D eigenvalue weighted by molar-refractivity contribution is 6.51. The largest absolute Gasteiger partial charge is 0.508 e. The minimum Gasteiger partial charge on any atom is -0.508 e. The van der Waals surface area contributed by atoms with Crippen LogP contribution in [0.3, 0.4) is 0 Å². The fourth-order valence-electron chi connectivity index (χ4n) is 7.19. The van der Waals surface area contributed by atoms with Crippen molar-refractivity contribution < 1.29 is 28.2 Å². The van der Waals surface area contributed by atoms with Gasteiger partial charge in [-0.15, -0.1) is 0 Å². The van der Waals surface area contributed by atoms with Gasteiger partial charge in [-0.3, -0.25) is 14.8 Å². The van der Waals surface area contributed by atoms with Gasteiger partial charge >= 0.3 is 6.01 Å². The smallest absolute Gasteiger partial charge is 0.319 e. The normalized spacial score (nSPS) is 20.5. The molecule has 3 aromatic rings. The van der Waals surface area contributed by atoms with Crippen molar-refractivity contribution in [2.75, 3.05) is 58.5 Å². The van der Waals surface area contributed by atoms with Crippen molar-refractivity contribution in [1.29, 1.82) is 5.26 Å². The van der Waals surface area contributed by atoms with Crippen LogP contribution in [0.5, 0.6) is 11.8 Å². The topological polar surface area (TPSA) is 163 Å². The number of carbonyl (C=O) groups excluding carboxylic acids is 1. The number of aromatic nitrogens is 2. The zero-order valence-corrected chi connectivity index (χ0v) is 32.0. The summed E-state index contributed by atoms with van der Waals surface area (Å²) in [6, 6.07) is 7.71. The second-order valence-corrected chi connectivity index (χ2v) is 14.4. The predicted molar refractivity (Wildman–Crippen MR) is 210 cm³/mol. The highest BCUT2D eigenvalue weighted by Gasteiger charge is 2.39. The number of hydrogen-bond donors (Lipinski definition) is 2. The van der Waals surface area contributed by atoms with Crippen molar-refractivity contribution in [1.82, 2.24) is 14.9 Å². The Morgan fingerprint density at radius 2 is 2.05 bits per heavy atom. The second kappa shape index (κ2) is 16.0. The number of anilines is 1. The molecule has 1 saturated heterocycles. The summed E-state index contributed by atoms with van der Waals surface area (Å²) >= 11 is 0. The molecule has 12 nitrogen and oxygen atoms in total. The Morgan fingerprint density at radius 1 is 1.27 bits per heavy atom. The molecule has 3 aliphatic rings. The molecule has 2 aromatic carbocycles. The average molecular weight is 753 g/mol. The molecule has 0 spiro atoms. The Labute approximate surface area is 319 Å². The summed E-state index contributed by atoms with van der Waals surface area (Å²) in [5.41, 5.74) is 7.53. The highest BCUT2D eigenvalue weighted by Crippen LogP contribution is 2.48. The van der Waals surface area contributed by atoms with E-state index in [1.807, 2.05) is 38.7 Å². The number of aliphatic imine (C=N–C) groups is 2. The van der Waals surface area contributed by atoms with Crippen LogP contribution in [0, 0.1) is 22.6 Å². The number of rotatable bonds is 9. The van der Waals surface area contributed by atoms with E-state index in [0.29, 0.717) is 78.0 Å². The van der Waals surface area contributed by atoms with Gasteiger partial charge in [0.1, 0.15) is 35.1 Å². The van der Waals surface area contributed by atoms with E-state index in [-0.39, 0.29) is 71.7 Å². The number of halogens is 2. The number of amides is 1. The monoisotopic (exact) mass is 752 g/mol. The molecule has 1 unspecified atom stereocenters. The lowest BCUT2D eigenvalue weighted by molar-refractivity contribution is -0.124. The zero-order chi connectivity index (χ0) is 39.6. The SMILES string of the molecule is C/C=C1\C(=NC(C)C)C(c2cc(O)cc3ccc(F)c(CC)c23)=C(F)c2nc(OCC3(C#N)CCOC3)nc(N3CCCN=C(/C=C(\N)C(=O)N(C)C)C3)c21. The first-order chi connectivity index (χ1) is 26.3. The lowest BCUT2D eigenvalue weighted by Crippen LogP contribution is -2.34. The quantitative estimate of drug-likeness (QED) is 0.249. The van der Waals surface area contributed by atoms with E-state index in [1.165, 1.54) is 23.1 Å². The average Bonchev–Trinajstić information content (AvgIpc) is 3.52. The van der Waals surface area contributed by atoms with E-state index in [4.69, 9.17) is 30.2 Å². The first kappa shape index (κ1) is 39.0. The number of likely N-dealkylation sites (N-methyl/N-ethyl adjacent to an activating group) is 1. The third-order valence-electron chi connectivity index (χ3n) is 9.86. The van der Waals surface area contributed by atoms with E-state index in [0.717, 1.165) is 0 Å². The molecule has 6 rings (SSSR count). The van der Waals surface area contributed by atoms with Crippen molar-refractivity contribution in [3.63, 3.8) is 0 Å². The summed E-state index contributed by atoms with van der Waals surface area (Å²) in [5, 5.41) is 22.0. The summed E-state index contributed by atoms with van der Waals surface area (Å²) in [4.78, 5) is 35.2. The summed E-state index contributed by atoms with van der Waals surface area (Å²) in [6.45, 7) is 8.92. The van der Waals surface area contributed by atoms with E-state index in [9.17, 15) is 15.2 Å². The van der Waals surface area contributed by atoms with Gasteiger partial charge in [0.05, 0.1) is 41.9 Å². The Kier molecular flexibility index (Phi) is 11.3. The van der Waals surface area contributed by atoms with Crippen molar-refractivity contribution >= 4 is 50.9 Å². The fraction of sp³-hybridized carbons (Fsp3) is 0.415. The lowest BCUT2D eigenvalue weighted by atomic mass is 9.81. The van der Waals surface area contributed by atoms with Crippen LogP contribution in [0.15, 0.2) is 52.1 Å². The molecular formula is C41H46F2N8O4. The summed E-state index contributed by atoms with van der Waals surface area (Å²) < 4.78 is 45.0. The van der Waals surface area contributed by atoms with Crippen LogP contribution >= 0.6 is 0 Å². The highest BCUT2D eigenvalue weighted by atomic mass is 19.1. The number of carbonyl (C=O) groups is 1. The van der Waals surface area contributed by atoms with Gasteiger partial charge < -0.3 is 30.1 Å². The van der Waals surface area contributed by atoms with E-state index >= 15 is 8.78 Å². The first-order valence-corrected chi connectivity index (χ1v) is 18.4. The minimum atomic E-state index is -0.935. The summed E-state index contributed by atoms with van der Waals surface area (Å²) in [5.74, 6) is -1.38. The first-order valence-electron chi connectivity index (χ1n) is 18.4. The number of hydrogen-bond acceptors (Lipinski definition) is 11. The van der Waals surface area contributed by atoms with Crippen LogP contribution < -0.4 is 15.4 Å². The van der Waals surface area contributed by atoms with Gasteiger partial charge in [-0.2, -0.15) is 15.2 Å². The Morgan fingerprint density at radius 3 is 2.71 bits per heavy atom. The summed E-state index contributed by atoms with van der Waals surface area (Å²) in [6.07, 6.45) is 4.72. The molecule has 0 saturated carbocycles. The number of aryl methyl sites for hydroxylation is 1. The van der Waals surface area contributed by atoms with E-state index in [1.54, 1.807) is 26.2 Å². The fourth-order valence-corrected chi connectivity index (χ4v) is 7.19. The molecule has 3 heterocycles. The maximum absolute atomic E-state index is 17.9. The Hall–Kier alpha value is -5.68. The summed E-state index contributed by atoms with van der Waals surface area (Å²) in [7, 11) is 3.22. The number of phenols is 1. The third-order valence-corrected chi connectivity index (χ3v) is 9.86. The number of nitrogens with two attached hydrogens (primary N) is 1. The molecule has 0 bridgehead atoms. The second-order valence-electron chi connectivity index (χ2n) is 14.4. The molecule has 1 aromatic heterocycles. The number of benzene rings is 2. The minimum absolute atomic E-state index is 0.0141. The van der Waals surface area contributed by atoms with Crippen LogP contribution in [0.1, 0.15) is 62.9 Å². The standard InChI is InChI=1S/C41H46F2N8O4/c1-7-27-30(42)11-10-24-16-26(52)18-29(32(24)27)33-35(43)37-34(28(8-2)36(33)47-23(3)4)38(49-40(48-37)55-22-41(20-44)12-15-54-21-41)51-14-9-13-46-25(19-51)17-31(45)39(53)50(5)6/h8,10-11,16-18,23,52H,7,9,12-15,19,21-22,45H2,1-6H3/b28-8-,31-17-,47-36?. The molecule has 0 radical (unpaired) electrons. The number of nitrogens with zero attached hydrogens (tertiary/aromatic N) is 7. The van der Waals surface area contributed by atoms with Gasteiger partial charge in [-0.25, -0.2) is 8.78 Å². The number of allylic oxidation sites excluding steroid dienone is 3. The van der Waals surface area contributed by atoms with Crippen molar-refractivity contribution in [3.05, 3.63) is 70.3 Å². The van der Waals surface area contributed by atoms with Gasteiger partial charge in [0.2, 0.25) is 0 Å².